The highest BCUT2D eigenvalue weighted by atomic mass is 35.5. The molecule has 0 bridgehead atoms. The van der Waals surface area contributed by atoms with Gasteiger partial charge in [-0.15, -0.1) is 12.4 Å². The molecule has 1 heterocycles. The first-order chi connectivity index (χ1) is 13.4. The number of hydrogen-bond acceptors (Lipinski definition) is 1. The van der Waals surface area contributed by atoms with Gasteiger partial charge in [0.15, 0.2) is 0 Å². The van der Waals surface area contributed by atoms with Crippen molar-refractivity contribution in [1.29, 1.82) is 0 Å². The van der Waals surface area contributed by atoms with Crippen LogP contribution in [0, 0.1) is 0 Å². The molecule has 0 atom stereocenters. The summed E-state index contributed by atoms with van der Waals surface area (Å²) in [4.78, 5) is 2.54. The fourth-order valence-electron chi connectivity index (χ4n) is 4.64. The molecule has 0 spiro atoms. The van der Waals surface area contributed by atoms with E-state index in [1.54, 1.807) is 0 Å². The number of fused-ring (bicyclic) bond motifs is 3. The maximum Gasteiger partial charge on any atom is 0.0401 e. The zero-order chi connectivity index (χ0) is 18.1. The van der Waals surface area contributed by atoms with Crippen LogP contribution in [0.15, 0.2) is 78.9 Å². The second-order valence-electron chi connectivity index (χ2n) is 7.61. The minimum absolute atomic E-state index is 0. The number of para-hydroxylation sites is 1. The molecule has 1 aliphatic carbocycles. The second-order valence-corrected chi connectivity index (χ2v) is 7.61. The Morgan fingerprint density at radius 1 is 0.679 bits per heavy atom. The first-order valence-corrected chi connectivity index (χ1v) is 10.1. The molecule has 3 aromatic rings. The van der Waals surface area contributed by atoms with Crippen molar-refractivity contribution in [3.8, 4) is 0 Å². The number of hydrogen-bond donors (Lipinski definition) is 0. The Bertz CT molecular complexity index is 955. The lowest BCUT2D eigenvalue weighted by molar-refractivity contribution is 0.722. The summed E-state index contributed by atoms with van der Waals surface area (Å²) >= 11 is 0. The summed E-state index contributed by atoms with van der Waals surface area (Å²) in [6, 6.07) is 26.8. The lowest BCUT2D eigenvalue weighted by Gasteiger charge is -2.30. The van der Waals surface area contributed by atoms with Gasteiger partial charge in [-0.2, -0.15) is 0 Å². The Hall–Kier alpha value is -2.51. The van der Waals surface area contributed by atoms with Gasteiger partial charge in [-0.1, -0.05) is 72.8 Å². The van der Waals surface area contributed by atoms with Crippen molar-refractivity contribution in [1.82, 2.24) is 0 Å². The van der Waals surface area contributed by atoms with E-state index in [1.807, 2.05) is 0 Å². The standard InChI is InChI=1S/C26H25N.ClH/c1-4-12-23-20(8-1)15-16-21-9-2-5-13-24(21)25(23)17-19-27-18-7-11-22-10-3-6-14-26(22)27;/h1-6,8-10,12-14,17H,7,11,15-16,18-19H2;1H. The summed E-state index contributed by atoms with van der Waals surface area (Å²) in [5, 5.41) is 0. The van der Waals surface area contributed by atoms with Crippen LogP contribution >= 0.6 is 12.4 Å². The molecule has 1 aliphatic heterocycles. The molecule has 2 heteroatoms. The van der Waals surface area contributed by atoms with Crippen LogP contribution in [0.5, 0.6) is 0 Å². The Labute approximate surface area is 174 Å². The summed E-state index contributed by atoms with van der Waals surface area (Å²) in [7, 11) is 0. The zero-order valence-electron chi connectivity index (χ0n) is 16.1. The molecule has 28 heavy (non-hydrogen) atoms. The van der Waals surface area contributed by atoms with Crippen LogP contribution in [0.3, 0.4) is 0 Å². The van der Waals surface area contributed by atoms with Crippen LogP contribution in [-0.4, -0.2) is 13.1 Å². The highest BCUT2D eigenvalue weighted by molar-refractivity contribution is 5.85. The molecule has 0 unspecified atom stereocenters. The zero-order valence-corrected chi connectivity index (χ0v) is 16.9. The average Bonchev–Trinajstić information content (AvgIpc) is 2.89. The van der Waals surface area contributed by atoms with E-state index < -0.39 is 0 Å². The highest BCUT2D eigenvalue weighted by Crippen LogP contribution is 2.34. The molecule has 5 rings (SSSR count). The fourth-order valence-corrected chi connectivity index (χ4v) is 4.64. The molecule has 0 saturated carbocycles. The van der Waals surface area contributed by atoms with Crippen LogP contribution in [0.1, 0.15) is 34.2 Å². The smallest absolute Gasteiger partial charge is 0.0401 e. The van der Waals surface area contributed by atoms with E-state index in [9.17, 15) is 0 Å². The maximum absolute atomic E-state index is 2.54. The summed E-state index contributed by atoms with van der Waals surface area (Å²) in [5.41, 5.74) is 10.1. The molecule has 0 N–H and O–H groups in total. The van der Waals surface area contributed by atoms with Gasteiger partial charge in [0.2, 0.25) is 0 Å². The predicted molar refractivity (Wildman–Crippen MR) is 122 cm³/mol. The first kappa shape index (κ1) is 18.8. The Morgan fingerprint density at radius 3 is 1.93 bits per heavy atom. The lowest BCUT2D eigenvalue weighted by Crippen LogP contribution is -2.29. The summed E-state index contributed by atoms with van der Waals surface area (Å²) in [6.45, 7) is 2.11. The van der Waals surface area contributed by atoms with Crippen molar-refractivity contribution in [2.24, 2.45) is 0 Å². The van der Waals surface area contributed by atoms with Crippen molar-refractivity contribution in [2.45, 2.75) is 25.7 Å². The maximum atomic E-state index is 2.54. The molecule has 2 aliphatic rings. The Morgan fingerprint density at radius 2 is 1.25 bits per heavy atom. The van der Waals surface area contributed by atoms with Crippen LogP contribution in [0.25, 0.3) is 5.57 Å². The van der Waals surface area contributed by atoms with E-state index in [2.05, 4.69) is 83.8 Å². The summed E-state index contributed by atoms with van der Waals surface area (Å²) in [5.74, 6) is 0. The minimum Gasteiger partial charge on any atom is -0.368 e. The van der Waals surface area contributed by atoms with Crippen LogP contribution in [0.2, 0.25) is 0 Å². The molecule has 0 saturated heterocycles. The topological polar surface area (TPSA) is 3.24 Å². The largest absolute Gasteiger partial charge is 0.368 e. The number of nitrogens with zero attached hydrogens (tertiary/aromatic N) is 1. The number of anilines is 1. The van der Waals surface area contributed by atoms with Gasteiger partial charge in [0, 0.05) is 18.8 Å². The van der Waals surface area contributed by atoms with Crippen molar-refractivity contribution in [3.05, 3.63) is 107 Å². The third-order valence-electron chi connectivity index (χ3n) is 6.00. The van der Waals surface area contributed by atoms with Gasteiger partial charge in [0.1, 0.15) is 0 Å². The summed E-state index contributed by atoms with van der Waals surface area (Å²) < 4.78 is 0. The molecule has 142 valence electrons. The predicted octanol–water partition coefficient (Wildman–Crippen LogP) is 6.09. The molecular formula is C26H26ClN. The lowest BCUT2D eigenvalue weighted by atomic mass is 9.93. The third kappa shape index (κ3) is 3.47. The monoisotopic (exact) mass is 387 g/mol. The number of rotatable bonds is 2. The van der Waals surface area contributed by atoms with E-state index in [1.165, 1.54) is 51.9 Å². The molecular weight excluding hydrogens is 362 g/mol. The second kappa shape index (κ2) is 8.24. The molecule has 3 aromatic carbocycles. The Balaban J connectivity index is 0.00000192. The van der Waals surface area contributed by atoms with E-state index in [0.29, 0.717) is 0 Å². The van der Waals surface area contributed by atoms with Crippen molar-refractivity contribution in [2.75, 3.05) is 18.0 Å². The van der Waals surface area contributed by atoms with Gasteiger partial charge in [-0.25, -0.2) is 0 Å². The van der Waals surface area contributed by atoms with Gasteiger partial charge in [-0.3, -0.25) is 0 Å². The van der Waals surface area contributed by atoms with E-state index >= 15 is 0 Å². The molecule has 0 aromatic heterocycles. The van der Waals surface area contributed by atoms with Gasteiger partial charge in [0.05, 0.1) is 0 Å². The van der Waals surface area contributed by atoms with Crippen molar-refractivity contribution in [3.63, 3.8) is 0 Å². The fraction of sp³-hybridized carbons (Fsp3) is 0.231. The molecule has 0 amide bonds. The quantitative estimate of drug-likeness (QED) is 0.514. The Kier molecular flexibility index (Phi) is 5.54. The third-order valence-corrected chi connectivity index (χ3v) is 6.00. The number of aryl methyl sites for hydroxylation is 3. The van der Waals surface area contributed by atoms with Gasteiger partial charge in [0.25, 0.3) is 0 Å². The van der Waals surface area contributed by atoms with E-state index in [4.69, 9.17) is 0 Å². The van der Waals surface area contributed by atoms with Gasteiger partial charge >= 0.3 is 0 Å². The first-order valence-electron chi connectivity index (χ1n) is 10.1. The molecule has 1 nitrogen and oxygen atoms in total. The number of benzene rings is 3. The van der Waals surface area contributed by atoms with E-state index in [0.717, 1.165) is 25.9 Å². The van der Waals surface area contributed by atoms with Crippen LogP contribution in [0.4, 0.5) is 5.69 Å². The molecule has 0 radical (unpaired) electrons. The van der Waals surface area contributed by atoms with Crippen LogP contribution in [-0.2, 0) is 19.3 Å². The van der Waals surface area contributed by atoms with Crippen molar-refractivity contribution < 1.29 is 0 Å². The average molecular weight is 388 g/mol. The summed E-state index contributed by atoms with van der Waals surface area (Å²) in [6.07, 6.45) is 7.15. The normalized spacial score (nSPS) is 14.9. The minimum atomic E-state index is 0. The number of halogens is 1. The van der Waals surface area contributed by atoms with Gasteiger partial charge < -0.3 is 4.90 Å². The van der Waals surface area contributed by atoms with Crippen LogP contribution < -0.4 is 4.90 Å². The van der Waals surface area contributed by atoms with Gasteiger partial charge in [-0.05, 0) is 65.1 Å². The van der Waals surface area contributed by atoms with Crippen molar-refractivity contribution >= 4 is 23.7 Å². The van der Waals surface area contributed by atoms with E-state index in [-0.39, 0.29) is 12.4 Å². The highest BCUT2D eigenvalue weighted by Gasteiger charge is 2.19. The molecule has 0 fully saturated rings. The SMILES string of the molecule is C(CN1CCCc2ccccc21)=C1c2ccccc2CCc2ccccc21.Cl.